The molecule has 0 heterocycles. The SMILES string of the molecule is CCCCCCCCCCC(=O)NCCC(C)OCCN(CCO)CCO. The van der Waals surface area contributed by atoms with Gasteiger partial charge < -0.3 is 20.3 Å². The summed E-state index contributed by atoms with van der Waals surface area (Å²) in [6, 6.07) is 0. The van der Waals surface area contributed by atoms with E-state index in [1.165, 1.54) is 38.5 Å². The van der Waals surface area contributed by atoms with Gasteiger partial charge in [0, 0.05) is 32.6 Å². The molecule has 0 spiro atoms. The van der Waals surface area contributed by atoms with Crippen LogP contribution in [0, 0.1) is 0 Å². The van der Waals surface area contributed by atoms with Gasteiger partial charge in [-0.25, -0.2) is 0 Å². The zero-order chi connectivity index (χ0) is 20.2. The molecule has 1 atom stereocenters. The molecule has 1 unspecified atom stereocenters. The summed E-state index contributed by atoms with van der Waals surface area (Å²) < 4.78 is 5.74. The van der Waals surface area contributed by atoms with E-state index in [0.717, 1.165) is 19.3 Å². The molecule has 0 fully saturated rings. The first-order valence-corrected chi connectivity index (χ1v) is 11.0. The van der Waals surface area contributed by atoms with Crippen LogP contribution in [-0.2, 0) is 9.53 Å². The number of rotatable bonds is 20. The molecule has 0 radical (unpaired) electrons. The Hall–Kier alpha value is -0.690. The summed E-state index contributed by atoms with van der Waals surface area (Å²) in [6.45, 7) is 7.41. The van der Waals surface area contributed by atoms with Crippen LogP contribution < -0.4 is 5.32 Å². The summed E-state index contributed by atoms with van der Waals surface area (Å²) in [4.78, 5) is 13.8. The highest BCUT2D eigenvalue weighted by molar-refractivity contribution is 5.75. The maximum atomic E-state index is 11.8. The van der Waals surface area contributed by atoms with Crippen LogP contribution in [0.25, 0.3) is 0 Å². The van der Waals surface area contributed by atoms with Gasteiger partial charge in [0.25, 0.3) is 0 Å². The van der Waals surface area contributed by atoms with Crippen molar-refractivity contribution < 1.29 is 19.7 Å². The summed E-state index contributed by atoms with van der Waals surface area (Å²) in [5.41, 5.74) is 0. The molecule has 3 N–H and O–H groups in total. The lowest BCUT2D eigenvalue weighted by Crippen LogP contribution is -2.34. The summed E-state index contributed by atoms with van der Waals surface area (Å²) >= 11 is 0. The first kappa shape index (κ1) is 26.3. The van der Waals surface area contributed by atoms with E-state index < -0.39 is 0 Å². The highest BCUT2D eigenvalue weighted by Crippen LogP contribution is 2.09. The summed E-state index contributed by atoms with van der Waals surface area (Å²) in [5, 5.41) is 20.9. The third-order valence-electron chi connectivity index (χ3n) is 4.77. The van der Waals surface area contributed by atoms with E-state index in [1.54, 1.807) is 0 Å². The first-order valence-electron chi connectivity index (χ1n) is 11.0. The molecule has 0 rings (SSSR count). The highest BCUT2D eigenvalue weighted by Gasteiger charge is 2.07. The number of aliphatic hydroxyl groups is 2. The average molecular weight is 389 g/mol. The summed E-state index contributed by atoms with van der Waals surface area (Å²) in [5.74, 6) is 0.144. The monoisotopic (exact) mass is 388 g/mol. The molecule has 162 valence electrons. The number of hydrogen-bond acceptors (Lipinski definition) is 5. The van der Waals surface area contributed by atoms with Crippen molar-refractivity contribution in [1.82, 2.24) is 10.2 Å². The van der Waals surface area contributed by atoms with E-state index in [9.17, 15) is 4.79 Å². The third-order valence-corrected chi connectivity index (χ3v) is 4.77. The summed E-state index contributed by atoms with van der Waals surface area (Å²) in [6.07, 6.45) is 11.5. The van der Waals surface area contributed by atoms with Crippen molar-refractivity contribution >= 4 is 5.91 Å². The largest absolute Gasteiger partial charge is 0.395 e. The van der Waals surface area contributed by atoms with Crippen molar-refractivity contribution in [3.8, 4) is 0 Å². The number of nitrogens with one attached hydrogen (secondary N) is 1. The normalized spacial score (nSPS) is 12.5. The smallest absolute Gasteiger partial charge is 0.219 e. The van der Waals surface area contributed by atoms with Crippen LogP contribution in [0.15, 0.2) is 0 Å². The molecule has 0 bridgehead atoms. The molecule has 0 aliphatic heterocycles. The standard InChI is InChI=1S/C21H44N2O4/c1-3-4-5-6-7-8-9-10-11-21(26)22-13-12-20(2)27-19-16-23(14-17-24)15-18-25/h20,24-25H,3-19H2,1-2H3,(H,22,26). The van der Waals surface area contributed by atoms with Crippen LogP contribution in [-0.4, -0.2) is 73.1 Å². The molecule has 0 aliphatic rings. The zero-order valence-corrected chi connectivity index (χ0v) is 17.8. The van der Waals surface area contributed by atoms with Crippen molar-refractivity contribution in [2.24, 2.45) is 0 Å². The fourth-order valence-electron chi connectivity index (χ4n) is 3.01. The minimum Gasteiger partial charge on any atom is -0.395 e. The number of ether oxygens (including phenoxy) is 1. The Morgan fingerprint density at radius 2 is 1.56 bits per heavy atom. The molecule has 0 aromatic heterocycles. The molecule has 0 saturated carbocycles. The number of carbonyl (C=O) groups excluding carboxylic acids is 1. The second-order valence-electron chi connectivity index (χ2n) is 7.33. The predicted molar refractivity (Wildman–Crippen MR) is 111 cm³/mol. The van der Waals surface area contributed by atoms with Gasteiger partial charge in [0.05, 0.1) is 25.9 Å². The molecule has 0 aromatic carbocycles. The van der Waals surface area contributed by atoms with Crippen molar-refractivity contribution in [3.05, 3.63) is 0 Å². The molecule has 0 aliphatic carbocycles. The van der Waals surface area contributed by atoms with Crippen molar-refractivity contribution in [1.29, 1.82) is 0 Å². The van der Waals surface area contributed by atoms with Gasteiger partial charge in [0.2, 0.25) is 5.91 Å². The lowest BCUT2D eigenvalue weighted by atomic mass is 10.1. The maximum Gasteiger partial charge on any atom is 0.219 e. The minimum atomic E-state index is 0.0820. The van der Waals surface area contributed by atoms with Gasteiger partial charge in [-0.15, -0.1) is 0 Å². The van der Waals surface area contributed by atoms with Crippen LogP contribution in [0.4, 0.5) is 0 Å². The molecule has 6 heteroatoms. The number of aliphatic hydroxyl groups excluding tert-OH is 2. The van der Waals surface area contributed by atoms with E-state index >= 15 is 0 Å². The van der Waals surface area contributed by atoms with E-state index in [2.05, 4.69) is 12.2 Å². The van der Waals surface area contributed by atoms with Crippen LogP contribution >= 0.6 is 0 Å². The fourth-order valence-corrected chi connectivity index (χ4v) is 3.01. The van der Waals surface area contributed by atoms with Crippen LogP contribution in [0.5, 0.6) is 0 Å². The van der Waals surface area contributed by atoms with Gasteiger partial charge in [0.15, 0.2) is 0 Å². The lowest BCUT2D eigenvalue weighted by Gasteiger charge is -2.21. The molecule has 6 nitrogen and oxygen atoms in total. The van der Waals surface area contributed by atoms with Crippen molar-refractivity contribution in [3.63, 3.8) is 0 Å². The number of hydrogen-bond donors (Lipinski definition) is 3. The minimum absolute atomic E-state index is 0.0820. The quantitative estimate of drug-likeness (QED) is 0.279. The van der Waals surface area contributed by atoms with E-state index in [0.29, 0.717) is 39.2 Å². The highest BCUT2D eigenvalue weighted by atomic mass is 16.5. The first-order chi connectivity index (χ1) is 13.1. The average Bonchev–Trinajstić information content (AvgIpc) is 2.64. The molecule has 0 aromatic rings. The van der Waals surface area contributed by atoms with Crippen LogP contribution in [0.1, 0.15) is 78.1 Å². The Morgan fingerprint density at radius 1 is 0.963 bits per heavy atom. The molecular weight excluding hydrogens is 344 g/mol. The van der Waals surface area contributed by atoms with Crippen molar-refractivity contribution in [2.75, 3.05) is 46.0 Å². The number of carbonyl (C=O) groups is 1. The van der Waals surface area contributed by atoms with Gasteiger partial charge in [-0.2, -0.15) is 0 Å². The van der Waals surface area contributed by atoms with Gasteiger partial charge in [-0.3, -0.25) is 9.69 Å². The van der Waals surface area contributed by atoms with E-state index in [-0.39, 0.29) is 25.2 Å². The second kappa shape index (κ2) is 20.1. The Labute approximate surface area is 166 Å². The molecular formula is C21H44N2O4. The fraction of sp³-hybridized carbons (Fsp3) is 0.952. The number of amides is 1. The number of unbranched alkanes of at least 4 members (excludes halogenated alkanes) is 7. The maximum absolute atomic E-state index is 11.8. The Balaban J connectivity index is 3.51. The topological polar surface area (TPSA) is 82.0 Å². The zero-order valence-electron chi connectivity index (χ0n) is 17.8. The van der Waals surface area contributed by atoms with Crippen LogP contribution in [0.3, 0.4) is 0 Å². The van der Waals surface area contributed by atoms with Gasteiger partial charge in [0.1, 0.15) is 0 Å². The second-order valence-corrected chi connectivity index (χ2v) is 7.33. The Morgan fingerprint density at radius 3 is 2.15 bits per heavy atom. The molecule has 1 amide bonds. The summed E-state index contributed by atoms with van der Waals surface area (Å²) in [7, 11) is 0. The predicted octanol–water partition coefficient (Wildman–Crippen LogP) is 2.72. The van der Waals surface area contributed by atoms with Crippen LogP contribution in [0.2, 0.25) is 0 Å². The Kier molecular flexibility index (Phi) is 19.5. The number of nitrogens with zero attached hydrogens (tertiary/aromatic N) is 1. The molecule has 0 saturated heterocycles. The molecule has 27 heavy (non-hydrogen) atoms. The van der Waals surface area contributed by atoms with Gasteiger partial charge >= 0.3 is 0 Å². The van der Waals surface area contributed by atoms with Gasteiger partial charge in [-0.1, -0.05) is 51.9 Å². The Bertz CT molecular complexity index is 323. The van der Waals surface area contributed by atoms with Gasteiger partial charge in [-0.05, 0) is 19.8 Å². The third kappa shape index (κ3) is 18.4. The van der Waals surface area contributed by atoms with E-state index in [1.807, 2.05) is 11.8 Å². The van der Waals surface area contributed by atoms with Crippen molar-refractivity contribution in [2.45, 2.75) is 84.2 Å². The van der Waals surface area contributed by atoms with E-state index in [4.69, 9.17) is 14.9 Å². The lowest BCUT2D eigenvalue weighted by molar-refractivity contribution is -0.121.